The van der Waals surface area contributed by atoms with Gasteiger partial charge >= 0.3 is 0 Å². The third kappa shape index (κ3) is 3.13. The van der Waals surface area contributed by atoms with Gasteiger partial charge in [-0.3, -0.25) is 4.90 Å². The highest BCUT2D eigenvalue weighted by Crippen LogP contribution is 2.36. The van der Waals surface area contributed by atoms with E-state index in [9.17, 15) is 8.78 Å². The number of piperazine rings is 1. The van der Waals surface area contributed by atoms with Crippen LogP contribution in [0, 0.1) is 17.6 Å². The van der Waals surface area contributed by atoms with E-state index in [-0.39, 0.29) is 22.5 Å². The molecule has 1 aromatic rings. The Bertz CT molecular complexity index is 461. The lowest BCUT2D eigenvalue weighted by Crippen LogP contribution is -2.47. The van der Waals surface area contributed by atoms with Gasteiger partial charge in [0.2, 0.25) is 0 Å². The van der Waals surface area contributed by atoms with Crippen molar-refractivity contribution in [2.75, 3.05) is 26.2 Å². The van der Waals surface area contributed by atoms with Crippen LogP contribution < -0.4 is 5.32 Å². The molecule has 0 bridgehead atoms. The third-order valence-electron chi connectivity index (χ3n) is 4.10. The van der Waals surface area contributed by atoms with Gasteiger partial charge in [-0.1, -0.05) is 31.9 Å². The van der Waals surface area contributed by atoms with Gasteiger partial charge in [-0.2, -0.15) is 0 Å². The summed E-state index contributed by atoms with van der Waals surface area (Å²) in [5.41, 5.74) is 0.119. The first-order valence-corrected chi connectivity index (χ1v) is 7.52. The number of nitrogens with zero attached hydrogens (tertiary/aromatic N) is 1. The lowest BCUT2D eigenvalue weighted by atomic mass is 9.89. The van der Waals surface area contributed by atoms with Crippen LogP contribution in [0.1, 0.15) is 31.9 Å². The first-order valence-electron chi connectivity index (χ1n) is 7.14. The quantitative estimate of drug-likeness (QED) is 0.855. The van der Waals surface area contributed by atoms with Crippen molar-refractivity contribution in [1.82, 2.24) is 10.2 Å². The molecule has 112 valence electrons. The van der Waals surface area contributed by atoms with Crippen molar-refractivity contribution in [1.29, 1.82) is 0 Å². The summed E-state index contributed by atoms with van der Waals surface area (Å²) >= 11 is 5.84. The normalized spacial score (nSPS) is 19.9. The lowest BCUT2D eigenvalue weighted by molar-refractivity contribution is 0.122. The molecular formula is C15H21ClF2N2. The van der Waals surface area contributed by atoms with Crippen LogP contribution in [0.15, 0.2) is 12.1 Å². The van der Waals surface area contributed by atoms with Gasteiger partial charge in [-0.15, -0.1) is 0 Å². The van der Waals surface area contributed by atoms with Gasteiger partial charge < -0.3 is 5.32 Å². The number of nitrogens with one attached hydrogen (secondary N) is 1. The fourth-order valence-corrected chi connectivity index (χ4v) is 2.99. The Morgan fingerprint density at radius 2 is 1.95 bits per heavy atom. The number of halogens is 3. The molecule has 1 aliphatic heterocycles. The summed E-state index contributed by atoms with van der Waals surface area (Å²) in [5, 5.41) is 3.25. The molecule has 1 unspecified atom stereocenters. The zero-order chi connectivity index (χ0) is 14.7. The van der Waals surface area contributed by atoms with Gasteiger partial charge in [-0.25, -0.2) is 8.78 Å². The highest BCUT2D eigenvalue weighted by atomic mass is 35.5. The Hall–Kier alpha value is -0.710. The second kappa shape index (κ2) is 6.83. The Morgan fingerprint density at radius 3 is 2.55 bits per heavy atom. The average Bonchev–Trinajstić information content (AvgIpc) is 2.48. The lowest BCUT2D eigenvalue weighted by Gasteiger charge is -2.38. The molecule has 1 fully saturated rings. The maximum atomic E-state index is 14.3. The van der Waals surface area contributed by atoms with Gasteiger partial charge in [-0.05, 0) is 18.1 Å². The number of hydrogen-bond donors (Lipinski definition) is 1. The maximum Gasteiger partial charge on any atom is 0.149 e. The van der Waals surface area contributed by atoms with E-state index in [0.29, 0.717) is 0 Å². The molecule has 2 nitrogen and oxygen atoms in total. The molecule has 1 saturated heterocycles. The van der Waals surface area contributed by atoms with E-state index in [1.165, 1.54) is 12.1 Å². The number of benzene rings is 1. The van der Waals surface area contributed by atoms with Crippen molar-refractivity contribution in [3.8, 4) is 0 Å². The summed E-state index contributed by atoms with van der Waals surface area (Å²) in [7, 11) is 0. The van der Waals surface area contributed by atoms with E-state index >= 15 is 0 Å². The van der Waals surface area contributed by atoms with Crippen molar-refractivity contribution in [2.24, 2.45) is 5.92 Å². The van der Waals surface area contributed by atoms with Gasteiger partial charge in [0.25, 0.3) is 0 Å². The van der Waals surface area contributed by atoms with Crippen LogP contribution in [-0.2, 0) is 0 Å². The second-order valence-electron chi connectivity index (χ2n) is 5.37. The van der Waals surface area contributed by atoms with E-state index in [1.807, 2.05) is 13.8 Å². The molecule has 20 heavy (non-hydrogen) atoms. The van der Waals surface area contributed by atoms with Crippen molar-refractivity contribution in [2.45, 2.75) is 26.3 Å². The molecule has 0 spiro atoms. The summed E-state index contributed by atoms with van der Waals surface area (Å²) < 4.78 is 28.5. The summed E-state index contributed by atoms with van der Waals surface area (Å²) in [6.07, 6.45) is 0.861. The topological polar surface area (TPSA) is 15.3 Å². The van der Waals surface area contributed by atoms with E-state index in [1.54, 1.807) is 0 Å². The Balaban J connectivity index is 2.43. The molecule has 0 saturated carbocycles. The molecule has 0 amide bonds. The molecule has 5 heteroatoms. The zero-order valence-electron chi connectivity index (χ0n) is 11.9. The highest BCUT2D eigenvalue weighted by Gasteiger charge is 2.31. The Morgan fingerprint density at radius 1 is 1.30 bits per heavy atom. The van der Waals surface area contributed by atoms with E-state index in [4.69, 9.17) is 11.6 Å². The van der Waals surface area contributed by atoms with Crippen molar-refractivity contribution < 1.29 is 8.78 Å². The van der Waals surface area contributed by atoms with Gasteiger partial charge in [0.1, 0.15) is 11.6 Å². The first kappa shape index (κ1) is 15.7. The second-order valence-corrected chi connectivity index (χ2v) is 5.78. The van der Waals surface area contributed by atoms with Gasteiger partial charge in [0, 0.05) is 37.8 Å². The monoisotopic (exact) mass is 302 g/mol. The molecule has 2 atom stereocenters. The van der Waals surface area contributed by atoms with E-state index in [2.05, 4.69) is 10.2 Å². The van der Waals surface area contributed by atoms with Crippen LogP contribution in [0.3, 0.4) is 0 Å². The molecule has 1 heterocycles. The summed E-state index contributed by atoms with van der Waals surface area (Å²) in [6.45, 7) is 7.35. The maximum absolute atomic E-state index is 14.3. The standard InChI is InChI=1S/C15H21ClF2N2/c1-3-10(2)15(20-8-6-19-7-9-20)13-12(17)5-4-11(16)14(13)18/h4-5,10,15,19H,3,6-9H2,1-2H3/t10?,15-/m1/s1. The van der Waals surface area contributed by atoms with Crippen LogP contribution >= 0.6 is 11.6 Å². The molecule has 1 aliphatic rings. The van der Waals surface area contributed by atoms with Crippen LogP contribution in [0.25, 0.3) is 0 Å². The molecule has 0 aromatic heterocycles. The minimum Gasteiger partial charge on any atom is -0.314 e. The average molecular weight is 303 g/mol. The smallest absolute Gasteiger partial charge is 0.149 e. The third-order valence-corrected chi connectivity index (χ3v) is 4.40. The predicted molar refractivity (Wildman–Crippen MR) is 78.0 cm³/mol. The van der Waals surface area contributed by atoms with E-state index < -0.39 is 11.6 Å². The largest absolute Gasteiger partial charge is 0.314 e. The summed E-state index contributed by atoms with van der Waals surface area (Å²) in [6, 6.07) is 2.28. The van der Waals surface area contributed by atoms with Crippen LogP contribution in [-0.4, -0.2) is 31.1 Å². The zero-order valence-corrected chi connectivity index (χ0v) is 12.7. The molecule has 2 rings (SSSR count). The van der Waals surface area contributed by atoms with Crippen molar-refractivity contribution >= 4 is 11.6 Å². The van der Waals surface area contributed by atoms with Gasteiger partial charge in [0.15, 0.2) is 0 Å². The Kier molecular flexibility index (Phi) is 5.35. The minimum absolute atomic E-state index is 0.00941. The molecule has 0 radical (unpaired) electrons. The fraction of sp³-hybridized carbons (Fsp3) is 0.600. The summed E-state index contributed by atoms with van der Waals surface area (Å²) in [4.78, 5) is 2.16. The number of rotatable bonds is 4. The minimum atomic E-state index is -0.615. The Labute approximate surface area is 124 Å². The van der Waals surface area contributed by atoms with Gasteiger partial charge in [0.05, 0.1) is 5.02 Å². The fourth-order valence-electron chi connectivity index (χ4n) is 2.82. The van der Waals surface area contributed by atoms with Crippen LogP contribution in [0.5, 0.6) is 0 Å². The molecule has 1 aromatic carbocycles. The van der Waals surface area contributed by atoms with Crippen molar-refractivity contribution in [3.05, 3.63) is 34.4 Å². The molecule has 0 aliphatic carbocycles. The first-order chi connectivity index (χ1) is 9.56. The molecular weight excluding hydrogens is 282 g/mol. The summed E-state index contributed by atoms with van der Waals surface area (Å²) in [5.74, 6) is -0.957. The highest BCUT2D eigenvalue weighted by molar-refractivity contribution is 6.30. The predicted octanol–water partition coefficient (Wildman–Crippen LogP) is 3.61. The van der Waals surface area contributed by atoms with E-state index in [0.717, 1.165) is 32.6 Å². The SMILES string of the molecule is CCC(C)[C@H](c1c(F)ccc(Cl)c1F)N1CCNCC1. The van der Waals surface area contributed by atoms with Crippen LogP contribution in [0.2, 0.25) is 5.02 Å². The van der Waals surface area contributed by atoms with Crippen LogP contribution in [0.4, 0.5) is 8.78 Å². The van der Waals surface area contributed by atoms with Crippen molar-refractivity contribution in [3.63, 3.8) is 0 Å². The molecule has 1 N–H and O–H groups in total. The number of hydrogen-bond acceptors (Lipinski definition) is 2.